The van der Waals surface area contributed by atoms with Gasteiger partial charge in [0.1, 0.15) is 0 Å². The van der Waals surface area contributed by atoms with Gasteiger partial charge in [-0.2, -0.15) is 0 Å². The molecule has 0 saturated heterocycles. The highest BCUT2D eigenvalue weighted by molar-refractivity contribution is 7.10. The van der Waals surface area contributed by atoms with Crippen molar-refractivity contribution in [1.82, 2.24) is 10.6 Å². The number of carbonyl (C=O) groups is 2. The van der Waals surface area contributed by atoms with Crippen LogP contribution in [-0.4, -0.2) is 22.6 Å². The van der Waals surface area contributed by atoms with E-state index in [9.17, 15) is 9.59 Å². The topological polar surface area (TPSA) is 78.4 Å². The van der Waals surface area contributed by atoms with Crippen molar-refractivity contribution in [2.24, 2.45) is 5.92 Å². The zero-order chi connectivity index (χ0) is 15.3. The molecule has 0 aliphatic heterocycles. The van der Waals surface area contributed by atoms with Crippen molar-refractivity contribution in [3.63, 3.8) is 0 Å². The van der Waals surface area contributed by atoms with Gasteiger partial charge in [0.15, 0.2) is 0 Å². The van der Waals surface area contributed by atoms with Gasteiger partial charge in [0.2, 0.25) is 0 Å². The van der Waals surface area contributed by atoms with E-state index >= 15 is 0 Å². The van der Waals surface area contributed by atoms with E-state index in [4.69, 9.17) is 5.11 Å². The standard InChI is InChI=1S/C14H22N2O3S/c1-9(2)12(10-6-5-7-20-10)15-13(19)16-14(3,4)8-11(17)18/h5-7,9,12H,8H2,1-4H3,(H,17,18)(H2,15,16,19). The summed E-state index contributed by atoms with van der Waals surface area (Å²) in [6, 6.07) is 3.51. The third-order valence-corrected chi connectivity index (χ3v) is 3.80. The van der Waals surface area contributed by atoms with Crippen LogP contribution in [0.3, 0.4) is 0 Å². The smallest absolute Gasteiger partial charge is 0.315 e. The number of rotatable bonds is 6. The second-order valence-electron chi connectivity index (χ2n) is 5.79. The first-order chi connectivity index (χ1) is 9.21. The maximum atomic E-state index is 12.0. The van der Waals surface area contributed by atoms with Crippen molar-refractivity contribution in [3.8, 4) is 0 Å². The van der Waals surface area contributed by atoms with Crippen LogP contribution in [-0.2, 0) is 4.79 Å². The monoisotopic (exact) mass is 298 g/mol. The van der Waals surface area contributed by atoms with Crippen molar-refractivity contribution in [2.45, 2.75) is 45.7 Å². The van der Waals surface area contributed by atoms with Gasteiger partial charge in [-0.25, -0.2) is 4.79 Å². The number of hydrogen-bond acceptors (Lipinski definition) is 3. The summed E-state index contributed by atoms with van der Waals surface area (Å²) in [4.78, 5) is 23.9. The highest BCUT2D eigenvalue weighted by Crippen LogP contribution is 2.25. The Labute approximate surface area is 123 Å². The average molecular weight is 298 g/mol. The van der Waals surface area contributed by atoms with E-state index in [0.717, 1.165) is 4.88 Å². The number of aliphatic carboxylic acids is 1. The Hall–Kier alpha value is -1.56. The number of urea groups is 1. The SMILES string of the molecule is CC(C)C(NC(=O)NC(C)(C)CC(=O)O)c1cccs1. The van der Waals surface area contributed by atoms with Crippen molar-refractivity contribution in [1.29, 1.82) is 0 Å². The van der Waals surface area contributed by atoms with E-state index in [-0.39, 0.29) is 24.4 Å². The largest absolute Gasteiger partial charge is 0.481 e. The summed E-state index contributed by atoms with van der Waals surface area (Å²) in [6.45, 7) is 7.45. The van der Waals surface area contributed by atoms with Gasteiger partial charge in [-0.1, -0.05) is 19.9 Å². The molecule has 20 heavy (non-hydrogen) atoms. The molecule has 0 aliphatic carbocycles. The lowest BCUT2D eigenvalue weighted by molar-refractivity contribution is -0.138. The Balaban J connectivity index is 2.66. The van der Waals surface area contributed by atoms with Gasteiger partial charge in [-0.05, 0) is 31.2 Å². The van der Waals surface area contributed by atoms with Crippen molar-refractivity contribution >= 4 is 23.3 Å². The molecule has 2 amide bonds. The number of carboxylic acids is 1. The molecule has 0 aliphatic rings. The van der Waals surface area contributed by atoms with Gasteiger partial charge in [0, 0.05) is 10.4 Å². The van der Waals surface area contributed by atoms with Crippen LogP contribution in [0.25, 0.3) is 0 Å². The Kier molecular flexibility index (Phi) is 5.56. The molecule has 5 nitrogen and oxygen atoms in total. The molecule has 112 valence electrons. The van der Waals surface area contributed by atoms with E-state index in [1.165, 1.54) is 0 Å². The zero-order valence-electron chi connectivity index (χ0n) is 12.3. The van der Waals surface area contributed by atoms with Crippen LogP contribution in [0.2, 0.25) is 0 Å². The number of thiophene rings is 1. The van der Waals surface area contributed by atoms with E-state index < -0.39 is 11.5 Å². The molecule has 6 heteroatoms. The predicted octanol–water partition coefficient (Wildman–Crippen LogP) is 3.00. The summed E-state index contributed by atoms with van der Waals surface area (Å²) >= 11 is 1.59. The third-order valence-electron chi connectivity index (χ3n) is 2.85. The number of hydrogen-bond donors (Lipinski definition) is 3. The molecule has 3 N–H and O–H groups in total. The molecule has 0 fully saturated rings. The summed E-state index contributed by atoms with van der Waals surface area (Å²) in [5.41, 5.74) is -0.785. The van der Waals surface area contributed by atoms with Gasteiger partial charge in [0.05, 0.1) is 12.5 Å². The van der Waals surface area contributed by atoms with Gasteiger partial charge in [-0.3, -0.25) is 4.79 Å². The molecular weight excluding hydrogens is 276 g/mol. The van der Waals surface area contributed by atoms with E-state index in [1.807, 2.05) is 31.4 Å². The van der Waals surface area contributed by atoms with E-state index in [1.54, 1.807) is 25.2 Å². The van der Waals surface area contributed by atoms with Gasteiger partial charge < -0.3 is 15.7 Å². The average Bonchev–Trinajstić information content (AvgIpc) is 2.75. The van der Waals surface area contributed by atoms with Gasteiger partial charge >= 0.3 is 12.0 Å². The second kappa shape index (κ2) is 6.74. The van der Waals surface area contributed by atoms with Crippen molar-refractivity contribution in [2.75, 3.05) is 0 Å². The molecule has 1 heterocycles. The molecule has 1 aromatic rings. The molecule has 0 aromatic carbocycles. The van der Waals surface area contributed by atoms with Crippen LogP contribution in [0.1, 0.15) is 45.0 Å². The van der Waals surface area contributed by atoms with Crippen LogP contribution in [0.15, 0.2) is 17.5 Å². The van der Waals surface area contributed by atoms with Crippen LogP contribution in [0.5, 0.6) is 0 Å². The summed E-state index contributed by atoms with van der Waals surface area (Å²) in [7, 11) is 0. The molecule has 1 unspecified atom stereocenters. The maximum absolute atomic E-state index is 12.0. The first-order valence-electron chi connectivity index (χ1n) is 6.55. The Morgan fingerprint density at radius 2 is 2.05 bits per heavy atom. The molecule has 1 aromatic heterocycles. The fourth-order valence-corrected chi connectivity index (χ4v) is 2.89. The number of nitrogens with one attached hydrogen (secondary N) is 2. The first-order valence-corrected chi connectivity index (χ1v) is 7.43. The number of carboxylic acid groups (broad SMARTS) is 1. The molecule has 1 rings (SSSR count). The summed E-state index contributed by atoms with van der Waals surface area (Å²) < 4.78 is 0. The second-order valence-corrected chi connectivity index (χ2v) is 6.77. The molecule has 0 saturated carbocycles. The van der Waals surface area contributed by atoms with Crippen LogP contribution < -0.4 is 10.6 Å². The molecule has 0 radical (unpaired) electrons. The van der Waals surface area contributed by atoms with Crippen LogP contribution in [0, 0.1) is 5.92 Å². The number of carbonyl (C=O) groups excluding carboxylic acids is 1. The Bertz CT molecular complexity index is 455. The minimum atomic E-state index is -0.936. The molecule has 0 spiro atoms. The Morgan fingerprint density at radius 3 is 2.50 bits per heavy atom. The van der Waals surface area contributed by atoms with Crippen molar-refractivity contribution < 1.29 is 14.7 Å². The fourth-order valence-electron chi connectivity index (χ4n) is 1.94. The van der Waals surface area contributed by atoms with Gasteiger partial charge in [-0.15, -0.1) is 11.3 Å². The zero-order valence-corrected chi connectivity index (χ0v) is 13.1. The first kappa shape index (κ1) is 16.5. The fraction of sp³-hybridized carbons (Fsp3) is 0.571. The van der Waals surface area contributed by atoms with E-state index in [0.29, 0.717) is 0 Å². The minimum Gasteiger partial charge on any atom is -0.481 e. The lowest BCUT2D eigenvalue weighted by Gasteiger charge is -2.27. The predicted molar refractivity (Wildman–Crippen MR) is 79.9 cm³/mol. The lowest BCUT2D eigenvalue weighted by atomic mass is 10.0. The third kappa shape index (κ3) is 5.21. The quantitative estimate of drug-likeness (QED) is 0.755. The molecular formula is C14H22N2O3S. The minimum absolute atomic E-state index is 0.0735. The highest BCUT2D eigenvalue weighted by atomic mass is 32.1. The number of amides is 2. The van der Waals surface area contributed by atoms with Crippen LogP contribution in [0.4, 0.5) is 4.79 Å². The molecule has 1 atom stereocenters. The summed E-state index contributed by atoms with van der Waals surface area (Å²) in [5, 5.41) is 16.4. The molecule has 0 bridgehead atoms. The van der Waals surface area contributed by atoms with Crippen molar-refractivity contribution in [3.05, 3.63) is 22.4 Å². The van der Waals surface area contributed by atoms with E-state index in [2.05, 4.69) is 10.6 Å². The Morgan fingerprint density at radius 1 is 1.40 bits per heavy atom. The normalized spacial score (nSPS) is 13.1. The van der Waals surface area contributed by atoms with Gasteiger partial charge in [0.25, 0.3) is 0 Å². The van der Waals surface area contributed by atoms with Crippen LogP contribution >= 0.6 is 11.3 Å². The summed E-state index contributed by atoms with van der Waals surface area (Å²) in [6.07, 6.45) is -0.119. The maximum Gasteiger partial charge on any atom is 0.315 e. The summed E-state index contributed by atoms with van der Waals surface area (Å²) in [5.74, 6) is -0.684. The highest BCUT2D eigenvalue weighted by Gasteiger charge is 2.26. The lowest BCUT2D eigenvalue weighted by Crippen LogP contribution is -2.50.